The summed E-state index contributed by atoms with van der Waals surface area (Å²) in [4.78, 5) is 23.7. The lowest BCUT2D eigenvalue weighted by Crippen LogP contribution is -2.28. The van der Waals surface area contributed by atoms with E-state index >= 15 is 0 Å². The number of nitrogens with one attached hydrogen (secondary N) is 2. The van der Waals surface area contributed by atoms with Crippen molar-refractivity contribution in [2.75, 3.05) is 6.61 Å². The molecule has 6 heteroatoms. The van der Waals surface area contributed by atoms with Crippen molar-refractivity contribution in [1.29, 1.82) is 0 Å². The maximum atomic E-state index is 12.0. The zero-order chi connectivity index (χ0) is 16.1. The molecule has 1 aliphatic carbocycles. The minimum Gasteiger partial charge on any atom is -0.484 e. The lowest BCUT2D eigenvalue weighted by Gasteiger charge is -2.08. The fourth-order valence-corrected chi connectivity index (χ4v) is 2.02. The first kappa shape index (κ1) is 15.1. The molecule has 23 heavy (non-hydrogen) atoms. The number of amides is 2. The third-order valence-electron chi connectivity index (χ3n) is 3.42. The number of ether oxygens (including phenoxy) is 1. The van der Waals surface area contributed by atoms with Gasteiger partial charge in [-0.15, -0.1) is 0 Å². The Labute approximate surface area is 133 Å². The van der Waals surface area contributed by atoms with E-state index in [4.69, 9.17) is 9.15 Å². The third-order valence-corrected chi connectivity index (χ3v) is 3.42. The average molecular weight is 314 g/mol. The minimum absolute atomic E-state index is 0.111. The van der Waals surface area contributed by atoms with Crippen LogP contribution >= 0.6 is 0 Å². The van der Waals surface area contributed by atoms with Crippen molar-refractivity contribution in [3.8, 4) is 5.75 Å². The Morgan fingerprint density at radius 3 is 2.83 bits per heavy atom. The highest BCUT2D eigenvalue weighted by Gasteiger charge is 2.23. The largest absolute Gasteiger partial charge is 0.484 e. The van der Waals surface area contributed by atoms with Gasteiger partial charge in [0.15, 0.2) is 6.61 Å². The zero-order valence-corrected chi connectivity index (χ0v) is 12.6. The zero-order valence-electron chi connectivity index (χ0n) is 12.6. The number of hydrogen-bond donors (Lipinski definition) is 2. The Balaban J connectivity index is 1.47. The molecule has 1 heterocycles. The Kier molecular flexibility index (Phi) is 4.61. The number of rotatable bonds is 7. The van der Waals surface area contributed by atoms with Gasteiger partial charge in [0.05, 0.1) is 12.8 Å². The molecule has 1 fully saturated rings. The molecule has 1 saturated carbocycles. The molecule has 0 atom stereocenters. The first-order valence-corrected chi connectivity index (χ1v) is 7.53. The van der Waals surface area contributed by atoms with E-state index in [-0.39, 0.29) is 18.4 Å². The van der Waals surface area contributed by atoms with Crippen LogP contribution < -0.4 is 15.4 Å². The van der Waals surface area contributed by atoms with Gasteiger partial charge in [-0.05, 0) is 43.2 Å². The average Bonchev–Trinajstić information content (AvgIpc) is 3.22. The van der Waals surface area contributed by atoms with E-state index in [0.717, 1.165) is 12.8 Å². The molecule has 2 N–H and O–H groups in total. The van der Waals surface area contributed by atoms with Crippen molar-refractivity contribution in [3.05, 3.63) is 54.0 Å². The molecule has 1 aliphatic rings. The lowest BCUT2D eigenvalue weighted by atomic mass is 10.2. The molecule has 6 nitrogen and oxygen atoms in total. The van der Waals surface area contributed by atoms with Crippen molar-refractivity contribution < 1.29 is 18.7 Å². The molecule has 1 aromatic carbocycles. The number of carbonyl (C=O) groups excluding carboxylic acids is 2. The van der Waals surface area contributed by atoms with Crippen molar-refractivity contribution in [2.45, 2.75) is 25.4 Å². The van der Waals surface area contributed by atoms with Gasteiger partial charge in [0.1, 0.15) is 11.5 Å². The molecule has 0 bridgehead atoms. The summed E-state index contributed by atoms with van der Waals surface area (Å²) in [6.07, 6.45) is 3.63. The van der Waals surface area contributed by atoms with Crippen LogP contribution in [-0.2, 0) is 11.3 Å². The summed E-state index contributed by atoms with van der Waals surface area (Å²) in [5, 5.41) is 5.60. The molecule has 1 aromatic heterocycles. The second kappa shape index (κ2) is 7.00. The Hall–Kier alpha value is -2.76. The monoisotopic (exact) mass is 314 g/mol. The molecule has 0 aliphatic heterocycles. The van der Waals surface area contributed by atoms with Gasteiger partial charge in [0.25, 0.3) is 11.8 Å². The summed E-state index contributed by atoms with van der Waals surface area (Å²) in [5.41, 5.74) is 0.533. The molecule has 0 spiro atoms. The fraction of sp³-hybridized carbons (Fsp3) is 0.294. The highest BCUT2D eigenvalue weighted by Crippen LogP contribution is 2.20. The molecule has 0 unspecified atom stereocenters. The van der Waals surface area contributed by atoms with Crippen LogP contribution in [0.1, 0.15) is 29.0 Å². The van der Waals surface area contributed by atoms with E-state index in [0.29, 0.717) is 29.7 Å². The van der Waals surface area contributed by atoms with Crippen molar-refractivity contribution in [1.82, 2.24) is 10.6 Å². The van der Waals surface area contributed by atoms with Gasteiger partial charge in [-0.2, -0.15) is 0 Å². The van der Waals surface area contributed by atoms with Crippen LogP contribution in [0.25, 0.3) is 0 Å². The van der Waals surface area contributed by atoms with Crippen LogP contribution in [0.2, 0.25) is 0 Å². The van der Waals surface area contributed by atoms with Crippen molar-refractivity contribution >= 4 is 11.8 Å². The maximum Gasteiger partial charge on any atom is 0.258 e. The number of benzene rings is 1. The highest BCUT2D eigenvalue weighted by molar-refractivity contribution is 5.95. The molecule has 0 saturated heterocycles. The molecule has 120 valence electrons. The van der Waals surface area contributed by atoms with Gasteiger partial charge in [-0.25, -0.2) is 0 Å². The molecular formula is C17H18N2O4. The summed E-state index contributed by atoms with van der Waals surface area (Å²) < 4.78 is 10.6. The Morgan fingerprint density at radius 1 is 1.22 bits per heavy atom. The van der Waals surface area contributed by atoms with E-state index in [1.165, 1.54) is 0 Å². The molecular weight excluding hydrogens is 296 g/mol. The quantitative estimate of drug-likeness (QED) is 0.817. The van der Waals surface area contributed by atoms with Gasteiger partial charge in [-0.3, -0.25) is 9.59 Å². The van der Waals surface area contributed by atoms with Gasteiger partial charge in [-0.1, -0.05) is 6.07 Å². The summed E-state index contributed by atoms with van der Waals surface area (Å²) in [5.74, 6) is 0.799. The maximum absolute atomic E-state index is 12.0. The van der Waals surface area contributed by atoms with E-state index in [2.05, 4.69) is 10.6 Å². The van der Waals surface area contributed by atoms with Gasteiger partial charge in [0, 0.05) is 11.6 Å². The van der Waals surface area contributed by atoms with E-state index in [9.17, 15) is 9.59 Å². The predicted molar refractivity (Wildman–Crippen MR) is 83.0 cm³/mol. The Bertz CT molecular complexity index is 678. The first-order valence-electron chi connectivity index (χ1n) is 7.53. The smallest absolute Gasteiger partial charge is 0.258 e. The van der Waals surface area contributed by atoms with Crippen LogP contribution in [0.4, 0.5) is 0 Å². The van der Waals surface area contributed by atoms with Crippen LogP contribution in [0, 0.1) is 0 Å². The molecule has 2 aromatic rings. The second-order valence-electron chi connectivity index (χ2n) is 5.42. The van der Waals surface area contributed by atoms with Gasteiger partial charge < -0.3 is 19.8 Å². The summed E-state index contributed by atoms with van der Waals surface area (Å²) in [7, 11) is 0. The van der Waals surface area contributed by atoms with Crippen LogP contribution in [0.15, 0.2) is 47.1 Å². The van der Waals surface area contributed by atoms with Crippen LogP contribution in [0.3, 0.4) is 0 Å². The first-order chi connectivity index (χ1) is 11.2. The number of hydrogen-bond acceptors (Lipinski definition) is 4. The van der Waals surface area contributed by atoms with Crippen LogP contribution in [-0.4, -0.2) is 24.5 Å². The normalized spacial score (nSPS) is 13.4. The van der Waals surface area contributed by atoms with Gasteiger partial charge >= 0.3 is 0 Å². The SMILES string of the molecule is O=C(COc1cccc(C(=O)NC2CC2)c1)NCc1ccco1. The van der Waals surface area contributed by atoms with Crippen molar-refractivity contribution in [3.63, 3.8) is 0 Å². The summed E-state index contributed by atoms with van der Waals surface area (Å²) in [6.45, 7) is 0.202. The number of furan rings is 1. The summed E-state index contributed by atoms with van der Waals surface area (Å²) in [6, 6.07) is 10.7. The Morgan fingerprint density at radius 2 is 2.09 bits per heavy atom. The molecule has 0 radical (unpaired) electrons. The van der Waals surface area contributed by atoms with Crippen LogP contribution in [0.5, 0.6) is 5.75 Å². The predicted octanol–water partition coefficient (Wildman–Crippen LogP) is 1.87. The topological polar surface area (TPSA) is 80.6 Å². The van der Waals surface area contributed by atoms with Gasteiger partial charge in [0.2, 0.25) is 0 Å². The van der Waals surface area contributed by atoms with E-state index < -0.39 is 0 Å². The van der Waals surface area contributed by atoms with E-state index in [1.807, 2.05) is 0 Å². The molecule has 2 amide bonds. The lowest BCUT2D eigenvalue weighted by molar-refractivity contribution is -0.123. The highest BCUT2D eigenvalue weighted by atomic mass is 16.5. The second-order valence-corrected chi connectivity index (χ2v) is 5.42. The standard InChI is InChI=1S/C17H18N2O4/c20-16(18-10-15-5-2-8-22-15)11-23-14-4-1-3-12(9-14)17(21)19-13-6-7-13/h1-5,8-9,13H,6-7,10-11H2,(H,18,20)(H,19,21). The molecule has 3 rings (SSSR count). The summed E-state index contributed by atoms with van der Waals surface area (Å²) >= 11 is 0. The minimum atomic E-state index is -0.255. The third kappa shape index (κ3) is 4.60. The fourth-order valence-electron chi connectivity index (χ4n) is 2.02. The number of carbonyl (C=O) groups is 2. The van der Waals surface area contributed by atoms with E-state index in [1.54, 1.807) is 42.7 Å². The van der Waals surface area contributed by atoms with Crippen molar-refractivity contribution in [2.24, 2.45) is 0 Å².